The third-order valence-electron chi connectivity index (χ3n) is 0.740. The number of aliphatic hydroxyl groups is 1. The zero-order chi connectivity index (χ0) is 7.98. The number of nitriles is 1. The molecule has 0 radical (unpaired) electrons. The van der Waals surface area contributed by atoms with E-state index in [1.54, 1.807) is 6.92 Å². The number of allylic oxidation sites excluding steroid dienone is 1. The molecule has 54 valence electrons. The lowest BCUT2D eigenvalue weighted by atomic mass is 10.5. The van der Waals surface area contributed by atoms with Crippen LogP contribution >= 0.6 is 0 Å². The van der Waals surface area contributed by atoms with E-state index in [-0.39, 0.29) is 12.2 Å². The van der Waals surface area contributed by atoms with Crippen LogP contribution in [0.3, 0.4) is 0 Å². The van der Waals surface area contributed by atoms with Gasteiger partial charge in [0.25, 0.3) is 0 Å². The Morgan fingerprint density at radius 2 is 2.50 bits per heavy atom. The predicted molar refractivity (Wildman–Crippen MR) is 32.7 cm³/mol. The molecule has 0 saturated heterocycles. The van der Waals surface area contributed by atoms with Gasteiger partial charge in [0.1, 0.15) is 12.3 Å². The van der Waals surface area contributed by atoms with Crippen LogP contribution in [0.15, 0.2) is 12.0 Å². The molecule has 0 aliphatic heterocycles. The highest BCUT2D eigenvalue weighted by atomic mass is 16.5. The van der Waals surface area contributed by atoms with Gasteiger partial charge in [0, 0.05) is 6.42 Å². The van der Waals surface area contributed by atoms with Crippen LogP contribution in [0.5, 0.6) is 0 Å². The molecule has 0 aliphatic carbocycles. The average molecular weight is 141 g/mol. The average Bonchev–Trinajstić information content (AvgIpc) is 1.99. The van der Waals surface area contributed by atoms with E-state index in [1.165, 1.54) is 6.07 Å². The maximum atomic E-state index is 10.4. The van der Waals surface area contributed by atoms with Crippen LogP contribution < -0.4 is 0 Å². The van der Waals surface area contributed by atoms with Gasteiger partial charge in [-0.25, -0.2) is 0 Å². The smallest absolute Gasteiger partial charge is 0.311 e. The van der Waals surface area contributed by atoms with Crippen LogP contribution in [0, 0.1) is 11.3 Å². The molecule has 0 saturated carbocycles. The molecule has 0 aromatic heterocycles. The summed E-state index contributed by atoms with van der Waals surface area (Å²) < 4.78 is 4.31. The molecular weight excluding hydrogens is 134 g/mol. The second-order valence-electron chi connectivity index (χ2n) is 1.43. The van der Waals surface area contributed by atoms with Crippen molar-refractivity contribution in [3.8, 4) is 6.07 Å². The molecule has 4 heteroatoms. The van der Waals surface area contributed by atoms with E-state index in [2.05, 4.69) is 4.74 Å². The molecular formula is C6H7NO3. The molecule has 1 N–H and O–H groups in total. The summed E-state index contributed by atoms with van der Waals surface area (Å²) in [6.45, 7) is 1.59. The van der Waals surface area contributed by atoms with Crippen molar-refractivity contribution in [2.75, 3.05) is 0 Å². The van der Waals surface area contributed by atoms with Crippen LogP contribution in [-0.2, 0) is 9.53 Å². The third-order valence-corrected chi connectivity index (χ3v) is 0.740. The molecule has 0 bridgehead atoms. The van der Waals surface area contributed by atoms with Crippen LogP contribution in [0.1, 0.15) is 13.3 Å². The van der Waals surface area contributed by atoms with Crippen molar-refractivity contribution < 1.29 is 14.6 Å². The summed E-state index contributed by atoms with van der Waals surface area (Å²) in [4.78, 5) is 10.4. The standard InChI is InChI=1S/C6H7NO3/c1-2-6(9)10-5(3-7)4-8/h4,8H,2H2,1H3/b5-4-. The largest absolute Gasteiger partial charge is 0.511 e. The van der Waals surface area contributed by atoms with Gasteiger partial charge in [-0.1, -0.05) is 6.92 Å². The summed E-state index contributed by atoms with van der Waals surface area (Å²) in [5.41, 5.74) is 0. The Kier molecular flexibility index (Phi) is 3.73. The highest BCUT2D eigenvalue weighted by molar-refractivity contribution is 5.70. The first-order chi connectivity index (χ1) is 4.74. The molecule has 10 heavy (non-hydrogen) atoms. The van der Waals surface area contributed by atoms with Gasteiger partial charge in [-0.05, 0) is 0 Å². The third kappa shape index (κ3) is 2.72. The van der Waals surface area contributed by atoms with Gasteiger partial charge < -0.3 is 9.84 Å². The van der Waals surface area contributed by atoms with E-state index < -0.39 is 5.97 Å². The van der Waals surface area contributed by atoms with Crippen molar-refractivity contribution in [2.24, 2.45) is 0 Å². The van der Waals surface area contributed by atoms with Crippen molar-refractivity contribution in [1.82, 2.24) is 0 Å². The van der Waals surface area contributed by atoms with Crippen molar-refractivity contribution in [3.63, 3.8) is 0 Å². The number of hydrogen-bond acceptors (Lipinski definition) is 4. The first kappa shape index (κ1) is 8.50. The molecule has 4 nitrogen and oxygen atoms in total. The summed E-state index contributed by atoms with van der Waals surface area (Å²) in [6, 6.07) is 1.48. The summed E-state index contributed by atoms with van der Waals surface area (Å²) in [5, 5.41) is 16.3. The highest BCUT2D eigenvalue weighted by Crippen LogP contribution is 1.95. The second kappa shape index (κ2) is 4.39. The summed E-state index contributed by atoms with van der Waals surface area (Å²) >= 11 is 0. The summed E-state index contributed by atoms with van der Waals surface area (Å²) in [5.74, 6) is -0.922. The number of nitrogens with zero attached hydrogens (tertiary/aromatic N) is 1. The van der Waals surface area contributed by atoms with Crippen molar-refractivity contribution in [3.05, 3.63) is 12.0 Å². The predicted octanol–water partition coefficient (Wildman–Crippen LogP) is 0.863. The highest BCUT2D eigenvalue weighted by Gasteiger charge is 2.01. The maximum Gasteiger partial charge on any atom is 0.311 e. The second-order valence-corrected chi connectivity index (χ2v) is 1.43. The van der Waals surface area contributed by atoms with E-state index in [9.17, 15) is 4.79 Å². The zero-order valence-corrected chi connectivity index (χ0v) is 5.50. The summed E-state index contributed by atoms with van der Waals surface area (Å²) in [7, 11) is 0. The monoisotopic (exact) mass is 141 g/mol. The fraction of sp³-hybridized carbons (Fsp3) is 0.333. The summed E-state index contributed by atoms with van der Waals surface area (Å²) in [6.07, 6.45) is 0.632. The Morgan fingerprint density at radius 3 is 2.80 bits per heavy atom. The van der Waals surface area contributed by atoms with Gasteiger partial charge in [-0.15, -0.1) is 0 Å². The molecule has 0 spiro atoms. The Bertz CT molecular complexity index is 190. The number of ether oxygens (including phenoxy) is 1. The molecule has 0 atom stereocenters. The fourth-order valence-corrected chi connectivity index (χ4v) is 0.273. The van der Waals surface area contributed by atoms with Gasteiger partial charge in [0.2, 0.25) is 5.76 Å². The maximum absolute atomic E-state index is 10.4. The van der Waals surface area contributed by atoms with E-state index in [1.807, 2.05) is 0 Å². The van der Waals surface area contributed by atoms with E-state index in [0.717, 1.165) is 0 Å². The molecule has 0 amide bonds. The molecule has 0 aromatic carbocycles. The normalized spacial score (nSPS) is 10.2. The molecule has 0 heterocycles. The minimum absolute atomic E-state index is 0.180. The van der Waals surface area contributed by atoms with Crippen LogP contribution in [-0.4, -0.2) is 11.1 Å². The Balaban J connectivity index is 3.91. The number of esters is 1. The number of carbonyl (C=O) groups is 1. The zero-order valence-electron chi connectivity index (χ0n) is 5.50. The number of aliphatic hydroxyl groups excluding tert-OH is 1. The first-order valence-corrected chi connectivity index (χ1v) is 2.69. The van der Waals surface area contributed by atoms with Crippen molar-refractivity contribution in [1.29, 1.82) is 5.26 Å². The van der Waals surface area contributed by atoms with Crippen LogP contribution in [0.25, 0.3) is 0 Å². The lowest BCUT2D eigenvalue weighted by Gasteiger charge is -1.95. The van der Waals surface area contributed by atoms with Crippen LogP contribution in [0.2, 0.25) is 0 Å². The van der Waals surface area contributed by atoms with Gasteiger partial charge in [0.05, 0.1) is 0 Å². The first-order valence-electron chi connectivity index (χ1n) is 2.69. The molecule has 0 aliphatic rings. The molecule has 0 rings (SSSR count). The van der Waals surface area contributed by atoms with E-state index >= 15 is 0 Å². The Hall–Kier alpha value is -1.50. The minimum Gasteiger partial charge on any atom is -0.511 e. The van der Waals surface area contributed by atoms with Gasteiger partial charge in [0.15, 0.2) is 0 Å². The molecule has 0 unspecified atom stereocenters. The van der Waals surface area contributed by atoms with Gasteiger partial charge in [-0.2, -0.15) is 5.26 Å². The molecule has 0 fully saturated rings. The van der Waals surface area contributed by atoms with E-state index in [4.69, 9.17) is 10.4 Å². The Labute approximate surface area is 58.3 Å². The van der Waals surface area contributed by atoms with Gasteiger partial charge in [-0.3, -0.25) is 4.79 Å². The SMILES string of the molecule is CCC(=O)O/C(C#N)=C\O. The lowest BCUT2D eigenvalue weighted by Crippen LogP contribution is -2.00. The topological polar surface area (TPSA) is 70.3 Å². The number of rotatable bonds is 2. The van der Waals surface area contributed by atoms with E-state index in [0.29, 0.717) is 6.26 Å². The van der Waals surface area contributed by atoms with Gasteiger partial charge >= 0.3 is 5.97 Å². The fourth-order valence-electron chi connectivity index (χ4n) is 0.273. The van der Waals surface area contributed by atoms with Crippen molar-refractivity contribution in [2.45, 2.75) is 13.3 Å². The number of hydrogen-bond donors (Lipinski definition) is 1. The molecule has 0 aromatic rings. The lowest BCUT2D eigenvalue weighted by molar-refractivity contribution is -0.138. The Morgan fingerprint density at radius 1 is 1.90 bits per heavy atom. The minimum atomic E-state index is -0.540. The van der Waals surface area contributed by atoms with Crippen LogP contribution in [0.4, 0.5) is 0 Å². The quantitative estimate of drug-likeness (QED) is 0.351. The number of carbonyl (C=O) groups excluding carboxylic acids is 1. The van der Waals surface area contributed by atoms with Crippen molar-refractivity contribution >= 4 is 5.97 Å².